The lowest BCUT2D eigenvalue weighted by Crippen LogP contribution is -2.34. The van der Waals surface area contributed by atoms with Crippen molar-refractivity contribution >= 4 is 23.2 Å². The zero-order chi connectivity index (χ0) is 13.9. The van der Waals surface area contributed by atoms with Crippen LogP contribution in [0.1, 0.15) is 19.8 Å². The van der Waals surface area contributed by atoms with Crippen molar-refractivity contribution in [2.75, 3.05) is 19.7 Å². The molecular weight excluding hydrogens is 285 g/mol. The average molecular weight is 304 g/mol. The van der Waals surface area contributed by atoms with Crippen molar-refractivity contribution in [3.8, 4) is 5.75 Å². The molecule has 0 spiro atoms. The second-order valence-electron chi connectivity index (χ2n) is 5.48. The van der Waals surface area contributed by atoms with Crippen LogP contribution in [0.5, 0.6) is 5.75 Å². The Labute approximate surface area is 123 Å². The number of hydrogen-bond acceptors (Lipinski definition) is 3. The molecule has 2 N–H and O–H groups in total. The molecule has 0 amide bonds. The monoisotopic (exact) mass is 303 g/mol. The van der Waals surface area contributed by atoms with Crippen LogP contribution in [0.25, 0.3) is 0 Å². The van der Waals surface area contributed by atoms with Crippen molar-refractivity contribution in [2.45, 2.75) is 25.9 Å². The second-order valence-corrected chi connectivity index (χ2v) is 6.32. The lowest BCUT2D eigenvalue weighted by molar-refractivity contribution is 0.105. The van der Waals surface area contributed by atoms with Gasteiger partial charge in [-0.05, 0) is 36.5 Å². The Balaban J connectivity index is 1.69. The van der Waals surface area contributed by atoms with E-state index in [-0.39, 0.29) is 6.61 Å². The first-order valence-corrected chi connectivity index (χ1v) is 7.21. The normalized spacial score (nSPS) is 18.1. The van der Waals surface area contributed by atoms with Gasteiger partial charge in [0.1, 0.15) is 18.5 Å². The Kier molecular flexibility index (Phi) is 4.96. The maximum atomic E-state index is 9.82. The molecule has 106 valence electrons. The van der Waals surface area contributed by atoms with Crippen LogP contribution in [0.15, 0.2) is 18.2 Å². The fraction of sp³-hybridized carbons (Fsp3) is 0.571. The topological polar surface area (TPSA) is 41.5 Å². The summed E-state index contributed by atoms with van der Waals surface area (Å²) in [5.74, 6) is 0.541. The number of benzene rings is 1. The first-order chi connectivity index (χ1) is 8.98. The molecule has 2 rings (SSSR count). The van der Waals surface area contributed by atoms with E-state index >= 15 is 0 Å². The van der Waals surface area contributed by atoms with E-state index in [0.29, 0.717) is 27.8 Å². The molecule has 3 nitrogen and oxygen atoms in total. The van der Waals surface area contributed by atoms with Gasteiger partial charge in [0.15, 0.2) is 0 Å². The third kappa shape index (κ3) is 4.84. The molecule has 0 heterocycles. The number of halogens is 2. The van der Waals surface area contributed by atoms with Gasteiger partial charge in [-0.3, -0.25) is 0 Å². The Morgan fingerprint density at radius 1 is 1.42 bits per heavy atom. The predicted molar refractivity (Wildman–Crippen MR) is 78.2 cm³/mol. The van der Waals surface area contributed by atoms with Gasteiger partial charge in [0.2, 0.25) is 0 Å². The Morgan fingerprint density at radius 3 is 2.79 bits per heavy atom. The Hall–Kier alpha value is -0.480. The zero-order valence-corrected chi connectivity index (χ0v) is 12.5. The van der Waals surface area contributed by atoms with E-state index in [2.05, 4.69) is 12.2 Å². The third-order valence-electron chi connectivity index (χ3n) is 3.36. The van der Waals surface area contributed by atoms with Gasteiger partial charge in [0, 0.05) is 18.1 Å². The van der Waals surface area contributed by atoms with Gasteiger partial charge in [-0.1, -0.05) is 30.1 Å². The minimum atomic E-state index is -0.547. The van der Waals surface area contributed by atoms with Gasteiger partial charge in [-0.2, -0.15) is 0 Å². The minimum absolute atomic E-state index is 0.213. The molecule has 0 saturated heterocycles. The summed E-state index contributed by atoms with van der Waals surface area (Å²) in [6, 6.07) is 5.04. The van der Waals surface area contributed by atoms with Crippen LogP contribution in [-0.2, 0) is 0 Å². The molecule has 1 aliphatic carbocycles. The van der Waals surface area contributed by atoms with Crippen LogP contribution in [0, 0.1) is 5.41 Å². The maximum absolute atomic E-state index is 9.82. The Morgan fingerprint density at radius 2 is 2.16 bits per heavy atom. The largest absolute Gasteiger partial charge is 0.489 e. The molecule has 1 aromatic rings. The van der Waals surface area contributed by atoms with Crippen LogP contribution in [-0.4, -0.2) is 30.9 Å². The highest BCUT2D eigenvalue weighted by molar-refractivity contribution is 6.35. The standard InChI is InChI=1S/C14H19Cl2NO2/c1-14(4-5-14)9-17-7-11(18)8-19-13-3-2-10(15)6-12(13)16/h2-3,6,11,17-18H,4-5,7-9H2,1H3. The summed E-state index contributed by atoms with van der Waals surface area (Å²) in [5.41, 5.74) is 0.445. The second kappa shape index (κ2) is 6.31. The fourth-order valence-electron chi connectivity index (χ4n) is 1.77. The van der Waals surface area contributed by atoms with Crippen molar-refractivity contribution < 1.29 is 9.84 Å². The highest BCUT2D eigenvalue weighted by atomic mass is 35.5. The SMILES string of the molecule is CC1(CNCC(O)COc2ccc(Cl)cc2Cl)CC1. The van der Waals surface area contributed by atoms with E-state index in [4.69, 9.17) is 27.9 Å². The van der Waals surface area contributed by atoms with E-state index in [0.717, 1.165) is 6.54 Å². The van der Waals surface area contributed by atoms with Crippen molar-refractivity contribution in [2.24, 2.45) is 5.41 Å². The fourth-order valence-corrected chi connectivity index (χ4v) is 2.23. The van der Waals surface area contributed by atoms with Gasteiger partial charge < -0.3 is 15.2 Å². The van der Waals surface area contributed by atoms with Crippen LogP contribution in [0.3, 0.4) is 0 Å². The lowest BCUT2D eigenvalue weighted by atomic mass is 10.1. The molecule has 0 aromatic heterocycles. The number of rotatable bonds is 7. The Bertz CT molecular complexity index is 435. The number of aliphatic hydroxyl groups excluding tert-OH is 1. The summed E-state index contributed by atoms with van der Waals surface area (Å²) < 4.78 is 5.47. The summed E-state index contributed by atoms with van der Waals surface area (Å²) in [5, 5.41) is 14.1. The smallest absolute Gasteiger partial charge is 0.138 e. The van der Waals surface area contributed by atoms with Gasteiger partial charge >= 0.3 is 0 Å². The van der Waals surface area contributed by atoms with Gasteiger partial charge in [0.05, 0.1) is 5.02 Å². The number of ether oxygens (including phenoxy) is 1. The highest BCUT2D eigenvalue weighted by Gasteiger charge is 2.36. The van der Waals surface area contributed by atoms with E-state index in [1.165, 1.54) is 12.8 Å². The summed E-state index contributed by atoms with van der Waals surface area (Å²) in [4.78, 5) is 0. The van der Waals surface area contributed by atoms with Crippen LogP contribution in [0.4, 0.5) is 0 Å². The molecule has 0 aliphatic heterocycles. The molecule has 1 aromatic carbocycles. The number of nitrogens with one attached hydrogen (secondary N) is 1. The van der Waals surface area contributed by atoms with E-state index in [9.17, 15) is 5.11 Å². The van der Waals surface area contributed by atoms with Crippen LogP contribution >= 0.6 is 23.2 Å². The number of hydrogen-bond donors (Lipinski definition) is 2. The molecule has 5 heteroatoms. The molecule has 1 unspecified atom stereocenters. The predicted octanol–water partition coefficient (Wildman–Crippen LogP) is 3.12. The first kappa shape index (κ1) is 14.9. The van der Waals surface area contributed by atoms with Crippen molar-refractivity contribution in [3.63, 3.8) is 0 Å². The quantitative estimate of drug-likeness (QED) is 0.813. The van der Waals surface area contributed by atoms with Crippen molar-refractivity contribution in [1.29, 1.82) is 0 Å². The van der Waals surface area contributed by atoms with Gasteiger partial charge in [-0.25, -0.2) is 0 Å². The number of aliphatic hydroxyl groups is 1. The highest BCUT2D eigenvalue weighted by Crippen LogP contribution is 2.43. The van der Waals surface area contributed by atoms with Crippen molar-refractivity contribution in [1.82, 2.24) is 5.32 Å². The van der Waals surface area contributed by atoms with E-state index < -0.39 is 6.10 Å². The van der Waals surface area contributed by atoms with E-state index in [1.807, 2.05) is 0 Å². The van der Waals surface area contributed by atoms with E-state index in [1.54, 1.807) is 18.2 Å². The van der Waals surface area contributed by atoms with Crippen molar-refractivity contribution in [3.05, 3.63) is 28.2 Å². The third-order valence-corrected chi connectivity index (χ3v) is 3.89. The maximum Gasteiger partial charge on any atom is 0.138 e. The summed E-state index contributed by atoms with van der Waals surface area (Å²) in [7, 11) is 0. The lowest BCUT2D eigenvalue weighted by Gasteiger charge is -2.15. The van der Waals surface area contributed by atoms with Gasteiger partial charge in [-0.15, -0.1) is 0 Å². The molecule has 19 heavy (non-hydrogen) atoms. The van der Waals surface area contributed by atoms with Crippen LogP contribution in [0.2, 0.25) is 10.0 Å². The molecule has 1 saturated carbocycles. The summed E-state index contributed by atoms with van der Waals surface area (Å²) in [6.45, 7) is 3.94. The molecule has 1 aliphatic rings. The summed E-state index contributed by atoms with van der Waals surface area (Å²) in [6.07, 6.45) is 1.99. The van der Waals surface area contributed by atoms with Crippen LogP contribution < -0.4 is 10.1 Å². The minimum Gasteiger partial charge on any atom is -0.489 e. The summed E-state index contributed by atoms with van der Waals surface area (Å²) >= 11 is 11.8. The molecule has 1 fully saturated rings. The molecular formula is C14H19Cl2NO2. The zero-order valence-electron chi connectivity index (χ0n) is 11.0. The molecule has 1 atom stereocenters. The average Bonchev–Trinajstić information content (AvgIpc) is 3.06. The molecule has 0 radical (unpaired) electrons. The first-order valence-electron chi connectivity index (χ1n) is 6.45. The molecule has 0 bridgehead atoms. The van der Waals surface area contributed by atoms with Gasteiger partial charge in [0.25, 0.3) is 0 Å².